The molecule has 0 aliphatic heterocycles. The van der Waals surface area contributed by atoms with Crippen LogP contribution >= 0.6 is 11.8 Å². The normalized spacial score (nSPS) is 12.5. The Morgan fingerprint density at radius 1 is 1.10 bits per heavy atom. The minimum atomic E-state index is -0.737. The maximum atomic E-state index is 13.6. The first-order valence-corrected chi connectivity index (χ1v) is 7.16. The van der Waals surface area contributed by atoms with Crippen molar-refractivity contribution in [3.63, 3.8) is 0 Å². The molecule has 1 aromatic carbocycles. The molecule has 3 nitrogen and oxygen atoms in total. The van der Waals surface area contributed by atoms with E-state index in [2.05, 4.69) is 9.97 Å². The van der Waals surface area contributed by atoms with Gasteiger partial charge in [-0.25, -0.2) is 14.4 Å². The maximum absolute atomic E-state index is 13.6. The fraction of sp³-hybridized carbons (Fsp3) is 0.333. The summed E-state index contributed by atoms with van der Waals surface area (Å²) in [5, 5.41) is 10.4. The van der Waals surface area contributed by atoms with Gasteiger partial charge in [0.1, 0.15) is 5.82 Å². The summed E-state index contributed by atoms with van der Waals surface area (Å²) in [7, 11) is 0. The molecule has 0 saturated carbocycles. The molecule has 0 amide bonds. The minimum absolute atomic E-state index is 0.313. The first-order chi connectivity index (χ1) is 9.36. The molecule has 0 radical (unpaired) electrons. The van der Waals surface area contributed by atoms with Crippen LogP contribution in [0.3, 0.4) is 0 Å². The summed E-state index contributed by atoms with van der Waals surface area (Å²) in [4.78, 5) is 9.50. The van der Waals surface area contributed by atoms with Crippen molar-refractivity contribution in [2.45, 2.75) is 43.9 Å². The van der Waals surface area contributed by atoms with Crippen LogP contribution in [0.4, 0.5) is 4.39 Å². The van der Waals surface area contributed by atoms with Crippen molar-refractivity contribution in [2.24, 2.45) is 0 Å². The Morgan fingerprint density at radius 2 is 1.70 bits per heavy atom. The van der Waals surface area contributed by atoms with Crippen molar-refractivity contribution in [3.8, 4) is 0 Å². The predicted octanol–water partition coefficient (Wildman–Crippen LogP) is 3.75. The number of nitrogens with zero attached hydrogens (tertiary/aromatic N) is 2. The van der Waals surface area contributed by atoms with Crippen LogP contribution in [0, 0.1) is 26.6 Å². The van der Waals surface area contributed by atoms with Crippen LogP contribution in [0.2, 0.25) is 0 Å². The maximum Gasteiger partial charge on any atom is 0.192 e. The lowest BCUT2D eigenvalue weighted by atomic mass is 10.1. The van der Waals surface area contributed by atoms with Gasteiger partial charge in [0.15, 0.2) is 5.16 Å². The number of hydrogen-bond donors (Lipinski definition) is 1. The van der Waals surface area contributed by atoms with Crippen molar-refractivity contribution in [1.29, 1.82) is 0 Å². The van der Waals surface area contributed by atoms with Gasteiger partial charge in [0, 0.05) is 16.3 Å². The standard InChI is InChI=1S/C15H17FN2OS/c1-8-5-14(12(11(4)19)7-13(8)16)20-15-17-9(2)6-10(3)18-15/h5-7,11,19H,1-4H3. The molecule has 0 spiro atoms. The molecule has 20 heavy (non-hydrogen) atoms. The van der Waals surface area contributed by atoms with E-state index in [0.717, 1.165) is 16.3 Å². The summed E-state index contributed by atoms with van der Waals surface area (Å²) >= 11 is 1.34. The van der Waals surface area contributed by atoms with E-state index < -0.39 is 6.10 Å². The fourth-order valence-corrected chi connectivity index (χ4v) is 3.08. The predicted molar refractivity (Wildman–Crippen MR) is 77.4 cm³/mol. The summed E-state index contributed by atoms with van der Waals surface area (Å²) < 4.78 is 13.6. The lowest BCUT2D eigenvalue weighted by Gasteiger charge is -2.13. The molecular formula is C15H17FN2OS. The molecule has 106 valence electrons. The second-order valence-electron chi connectivity index (χ2n) is 4.85. The van der Waals surface area contributed by atoms with Crippen molar-refractivity contribution < 1.29 is 9.50 Å². The second kappa shape index (κ2) is 5.89. The third-order valence-corrected chi connectivity index (χ3v) is 3.84. The Labute approximate surface area is 122 Å². The van der Waals surface area contributed by atoms with E-state index in [0.29, 0.717) is 16.3 Å². The van der Waals surface area contributed by atoms with E-state index in [1.807, 2.05) is 19.9 Å². The van der Waals surface area contributed by atoms with Gasteiger partial charge in [-0.1, -0.05) is 0 Å². The molecule has 1 heterocycles. The summed E-state index contributed by atoms with van der Waals surface area (Å²) in [5.41, 5.74) is 2.87. The molecule has 0 aliphatic rings. The van der Waals surface area contributed by atoms with E-state index in [1.165, 1.54) is 17.8 Å². The highest BCUT2D eigenvalue weighted by molar-refractivity contribution is 7.99. The molecule has 2 aromatic rings. The number of benzene rings is 1. The van der Waals surface area contributed by atoms with Crippen molar-refractivity contribution >= 4 is 11.8 Å². The minimum Gasteiger partial charge on any atom is -0.389 e. The Kier molecular flexibility index (Phi) is 4.40. The molecule has 1 aromatic heterocycles. The summed E-state index contributed by atoms with van der Waals surface area (Å²) in [6.07, 6.45) is -0.737. The largest absolute Gasteiger partial charge is 0.389 e. The van der Waals surface area contributed by atoms with Gasteiger partial charge in [-0.2, -0.15) is 0 Å². The van der Waals surface area contributed by atoms with Crippen LogP contribution < -0.4 is 0 Å². The molecule has 0 saturated heterocycles. The number of aliphatic hydroxyl groups excluding tert-OH is 1. The molecule has 0 aliphatic carbocycles. The van der Waals surface area contributed by atoms with Crippen LogP contribution in [0.15, 0.2) is 28.3 Å². The van der Waals surface area contributed by atoms with E-state index in [1.54, 1.807) is 19.9 Å². The van der Waals surface area contributed by atoms with Crippen LogP contribution in [0.25, 0.3) is 0 Å². The Morgan fingerprint density at radius 3 is 2.25 bits per heavy atom. The summed E-state index contributed by atoms with van der Waals surface area (Å²) in [6.45, 7) is 7.14. The molecule has 5 heteroatoms. The topological polar surface area (TPSA) is 46.0 Å². The van der Waals surface area contributed by atoms with Crippen LogP contribution in [-0.2, 0) is 0 Å². The second-order valence-corrected chi connectivity index (χ2v) is 5.86. The zero-order valence-electron chi connectivity index (χ0n) is 11.9. The van der Waals surface area contributed by atoms with Gasteiger partial charge >= 0.3 is 0 Å². The van der Waals surface area contributed by atoms with Gasteiger partial charge in [-0.3, -0.25) is 0 Å². The third kappa shape index (κ3) is 3.35. The molecule has 2 rings (SSSR count). The number of aryl methyl sites for hydroxylation is 3. The highest BCUT2D eigenvalue weighted by Crippen LogP contribution is 2.33. The first-order valence-electron chi connectivity index (χ1n) is 6.35. The molecule has 1 atom stereocenters. The Balaban J connectivity index is 2.44. The average Bonchev–Trinajstić information content (AvgIpc) is 2.31. The summed E-state index contributed by atoms with van der Waals surface area (Å²) in [6, 6.07) is 5.00. The summed E-state index contributed by atoms with van der Waals surface area (Å²) in [5.74, 6) is -0.313. The van der Waals surface area contributed by atoms with Crippen molar-refractivity contribution in [2.75, 3.05) is 0 Å². The number of hydrogen-bond acceptors (Lipinski definition) is 4. The molecular weight excluding hydrogens is 275 g/mol. The smallest absolute Gasteiger partial charge is 0.192 e. The van der Waals surface area contributed by atoms with Crippen molar-refractivity contribution in [3.05, 3.63) is 46.5 Å². The van der Waals surface area contributed by atoms with Gasteiger partial charge in [0.25, 0.3) is 0 Å². The highest BCUT2D eigenvalue weighted by Gasteiger charge is 2.14. The Hall–Kier alpha value is -1.46. The van der Waals surface area contributed by atoms with Gasteiger partial charge in [0.2, 0.25) is 0 Å². The Bertz CT molecular complexity index is 624. The molecule has 0 fully saturated rings. The van der Waals surface area contributed by atoms with Gasteiger partial charge < -0.3 is 5.11 Å². The zero-order chi connectivity index (χ0) is 14.9. The molecule has 1 unspecified atom stereocenters. The molecule has 0 bridgehead atoms. The quantitative estimate of drug-likeness (QED) is 0.875. The zero-order valence-corrected chi connectivity index (χ0v) is 12.8. The SMILES string of the molecule is Cc1cc(C)nc(Sc2cc(C)c(F)cc2C(C)O)n1. The van der Waals surface area contributed by atoms with Crippen molar-refractivity contribution in [1.82, 2.24) is 9.97 Å². The number of aromatic nitrogens is 2. The lowest BCUT2D eigenvalue weighted by molar-refractivity contribution is 0.196. The van der Waals surface area contributed by atoms with E-state index >= 15 is 0 Å². The van der Waals surface area contributed by atoms with Gasteiger partial charge in [-0.05, 0) is 68.8 Å². The monoisotopic (exact) mass is 292 g/mol. The van der Waals surface area contributed by atoms with Gasteiger partial charge in [-0.15, -0.1) is 0 Å². The number of aliphatic hydroxyl groups is 1. The van der Waals surface area contributed by atoms with E-state index in [4.69, 9.17) is 0 Å². The van der Waals surface area contributed by atoms with E-state index in [-0.39, 0.29) is 5.82 Å². The first kappa shape index (κ1) is 14.9. The van der Waals surface area contributed by atoms with E-state index in [9.17, 15) is 9.50 Å². The van der Waals surface area contributed by atoms with Gasteiger partial charge in [0.05, 0.1) is 6.10 Å². The molecule has 1 N–H and O–H groups in total. The lowest BCUT2D eigenvalue weighted by Crippen LogP contribution is -1.99. The van der Waals surface area contributed by atoms with Crippen LogP contribution in [0.5, 0.6) is 0 Å². The van der Waals surface area contributed by atoms with Crippen LogP contribution in [0.1, 0.15) is 35.5 Å². The number of halogens is 1. The third-order valence-electron chi connectivity index (χ3n) is 2.90. The highest BCUT2D eigenvalue weighted by atomic mass is 32.2. The van der Waals surface area contributed by atoms with Crippen LogP contribution in [-0.4, -0.2) is 15.1 Å². The fourth-order valence-electron chi connectivity index (χ4n) is 1.92. The number of rotatable bonds is 3. The average molecular weight is 292 g/mol.